The highest BCUT2D eigenvalue weighted by Crippen LogP contribution is 2.33. The summed E-state index contributed by atoms with van der Waals surface area (Å²) in [7, 11) is 1.57. The van der Waals surface area contributed by atoms with Crippen molar-refractivity contribution in [3.63, 3.8) is 0 Å². The van der Waals surface area contributed by atoms with Gasteiger partial charge >= 0.3 is 0 Å². The summed E-state index contributed by atoms with van der Waals surface area (Å²) in [5, 5.41) is 2.94. The summed E-state index contributed by atoms with van der Waals surface area (Å²) in [4.78, 5) is 31.4. The third-order valence-electron chi connectivity index (χ3n) is 6.46. The fourth-order valence-corrected chi connectivity index (χ4v) is 4.61. The molecular formula is C27H27N3O4. The van der Waals surface area contributed by atoms with Gasteiger partial charge in [0.1, 0.15) is 6.61 Å². The van der Waals surface area contributed by atoms with Crippen LogP contribution in [0.4, 0.5) is 11.4 Å². The maximum atomic E-state index is 13.0. The Hall–Kier alpha value is -3.87. The molecule has 1 aliphatic carbocycles. The summed E-state index contributed by atoms with van der Waals surface area (Å²) in [5.74, 6) is 0.491. The Labute approximate surface area is 198 Å². The van der Waals surface area contributed by atoms with Crippen molar-refractivity contribution in [3.05, 3.63) is 77.6 Å². The van der Waals surface area contributed by atoms with Gasteiger partial charge in [0.25, 0.3) is 0 Å². The molecule has 1 aliphatic heterocycles. The number of ether oxygens (including phenoxy) is 2. The minimum Gasteiger partial charge on any atom is -0.493 e. The Kier molecular flexibility index (Phi) is 6.16. The van der Waals surface area contributed by atoms with Crippen molar-refractivity contribution in [1.82, 2.24) is 4.98 Å². The van der Waals surface area contributed by atoms with E-state index in [2.05, 4.69) is 22.4 Å². The number of carbonyl (C=O) groups excluding carboxylic acids is 2. The molecule has 1 aromatic heterocycles. The van der Waals surface area contributed by atoms with Crippen LogP contribution in [-0.2, 0) is 29.0 Å². The van der Waals surface area contributed by atoms with Gasteiger partial charge in [-0.15, -0.1) is 0 Å². The molecule has 34 heavy (non-hydrogen) atoms. The number of pyridine rings is 1. The fraction of sp³-hybridized carbons (Fsp3) is 0.296. The normalized spacial score (nSPS) is 16.9. The van der Waals surface area contributed by atoms with Crippen LogP contribution >= 0.6 is 0 Å². The number of hydrogen-bond donors (Lipinski definition) is 1. The number of methoxy groups -OCH3 is 1. The lowest BCUT2D eigenvalue weighted by Gasteiger charge is -2.18. The largest absolute Gasteiger partial charge is 0.493 e. The molecule has 0 bridgehead atoms. The van der Waals surface area contributed by atoms with Gasteiger partial charge in [0.2, 0.25) is 11.8 Å². The molecule has 2 amide bonds. The molecule has 0 saturated carbocycles. The van der Waals surface area contributed by atoms with Crippen molar-refractivity contribution < 1.29 is 19.1 Å². The van der Waals surface area contributed by atoms with Crippen LogP contribution in [0.2, 0.25) is 0 Å². The van der Waals surface area contributed by atoms with Crippen LogP contribution in [-0.4, -0.2) is 30.5 Å². The van der Waals surface area contributed by atoms with Crippen LogP contribution in [0.5, 0.6) is 11.5 Å². The van der Waals surface area contributed by atoms with Crippen LogP contribution in [0.3, 0.4) is 0 Å². The first-order valence-corrected chi connectivity index (χ1v) is 11.5. The number of rotatable bonds is 7. The zero-order chi connectivity index (χ0) is 23.5. The number of nitrogens with zero attached hydrogens (tertiary/aromatic N) is 2. The van der Waals surface area contributed by atoms with Crippen LogP contribution in [0.15, 0.2) is 60.9 Å². The molecule has 1 saturated heterocycles. The zero-order valence-electron chi connectivity index (χ0n) is 19.1. The number of hydrogen-bond acceptors (Lipinski definition) is 5. The van der Waals surface area contributed by atoms with Crippen LogP contribution in [0, 0.1) is 5.92 Å². The standard InChI is InChI=1S/C27H27N3O4/c1-33-24-8-6-22(15-25(24)34-17-18-9-11-28-12-10-18)29-27(32)21-14-26(31)30(16-21)23-7-5-19-3-2-4-20(19)13-23/h5-13,15,21H,2-4,14,16-17H2,1H3,(H,29,32). The van der Waals surface area contributed by atoms with Gasteiger partial charge in [-0.3, -0.25) is 14.6 Å². The van der Waals surface area contributed by atoms with Crippen LogP contribution < -0.4 is 19.7 Å². The Morgan fingerprint density at radius 1 is 1.06 bits per heavy atom. The molecule has 0 radical (unpaired) electrons. The third-order valence-corrected chi connectivity index (χ3v) is 6.46. The van der Waals surface area contributed by atoms with Crippen molar-refractivity contribution in [2.75, 3.05) is 23.9 Å². The average molecular weight is 458 g/mol. The molecular weight excluding hydrogens is 430 g/mol. The number of nitrogens with one attached hydrogen (secondary N) is 1. The minimum absolute atomic E-state index is 0.0193. The Morgan fingerprint density at radius 3 is 2.71 bits per heavy atom. The highest BCUT2D eigenvalue weighted by Gasteiger charge is 2.35. The van der Waals surface area contributed by atoms with E-state index >= 15 is 0 Å². The topological polar surface area (TPSA) is 80.8 Å². The number of carbonyl (C=O) groups is 2. The lowest BCUT2D eigenvalue weighted by atomic mass is 10.1. The molecule has 7 nitrogen and oxygen atoms in total. The van der Waals surface area contributed by atoms with Gasteiger partial charge in [-0.2, -0.15) is 0 Å². The Balaban J connectivity index is 1.25. The van der Waals surface area contributed by atoms with E-state index in [-0.39, 0.29) is 18.2 Å². The van der Waals surface area contributed by atoms with E-state index in [4.69, 9.17) is 9.47 Å². The highest BCUT2D eigenvalue weighted by atomic mass is 16.5. The zero-order valence-corrected chi connectivity index (χ0v) is 19.1. The molecule has 0 spiro atoms. The van der Waals surface area contributed by atoms with Crippen molar-refractivity contribution in [2.45, 2.75) is 32.3 Å². The fourth-order valence-electron chi connectivity index (χ4n) is 4.61. The molecule has 2 aromatic carbocycles. The van der Waals surface area contributed by atoms with E-state index in [9.17, 15) is 9.59 Å². The molecule has 7 heteroatoms. The lowest BCUT2D eigenvalue weighted by molar-refractivity contribution is -0.122. The molecule has 2 aliphatic rings. The number of aryl methyl sites for hydroxylation is 2. The summed E-state index contributed by atoms with van der Waals surface area (Å²) in [6.45, 7) is 0.730. The quantitative estimate of drug-likeness (QED) is 0.577. The lowest BCUT2D eigenvalue weighted by Crippen LogP contribution is -2.28. The third kappa shape index (κ3) is 4.59. The molecule has 1 unspecified atom stereocenters. The first kappa shape index (κ1) is 21.9. The van der Waals surface area contributed by atoms with Gasteiger partial charge in [0.15, 0.2) is 11.5 Å². The van der Waals surface area contributed by atoms with Crippen molar-refractivity contribution in [1.29, 1.82) is 0 Å². The van der Waals surface area contributed by atoms with Gasteiger partial charge in [-0.1, -0.05) is 6.07 Å². The molecule has 1 N–H and O–H groups in total. The van der Waals surface area contributed by atoms with Crippen molar-refractivity contribution >= 4 is 23.2 Å². The smallest absolute Gasteiger partial charge is 0.229 e. The van der Waals surface area contributed by atoms with Gasteiger partial charge in [-0.25, -0.2) is 0 Å². The molecule has 2 heterocycles. The first-order chi connectivity index (χ1) is 16.6. The highest BCUT2D eigenvalue weighted by molar-refractivity contribution is 6.03. The van der Waals surface area contributed by atoms with E-state index in [1.165, 1.54) is 11.1 Å². The van der Waals surface area contributed by atoms with Gasteiger partial charge in [0, 0.05) is 42.8 Å². The Bertz CT molecular complexity index is 1210. The monoisotopic (exact) mass is 457 g/mol. The second-order valence-electron chi connectivity index (χ2n) is 8.71. The molecule has 174 valence electrons. The Morgan fingerprint density at radius 2 is 1.88 bits per heavy atom. The van der Waals surface area contributed by atoms with Crippen LogP contribution in [0.1, 0.15) is 29.5 Å². The number of aromatic nitrogens is 1. The molecule has 3 aromatic rings. The molecule has 1 atom stereocenters. The van der Waals surface area contributed by atoms with Gasteiger partial charge in [0.05, 0.1) is 13.0 Å². The van der Waals surface area contributed by atoms with E-state index in [1.807, 2.05) is 18.2 Å². The summed E-state index contributed by atoms with van der Waals surface area (Å²) in [5.41, 5.74) is 5.14. The summed E-state index contributed by atoms with van der Waals surface area (Å²) in [6.07, 6.45) is 6.93. The van der Waals surface area contributed by atoms with Gasteiger partial charge in [-0.05, 0) is 72.4 Å². The number of benzene rings is 2. The van der Waals surface area contributed by atoms with E-state index in [0.29, 0.717) is 30.3 Å². The number of anilines is 2. The number of amides is 2. The minimum atomic E-state index is -0.413. The summed E-state index contributed by atoms with van der Waals surface area (Å²) in [6, 6.07) is 15.2. The van der Waals surface area contributed by atoms with Gasteiger partial charge < -0.3 is 19.7 Å². The van der Waals surface area contributed by atoms with E-state index in [1.54, 1.807) is 42.6 Å². The molecule has 1 fully saturated rings. The summed E-state index contributed by atoms with van der Waals surface area (Å²) >= 11 is 0. The van der Waals surface area contributed by atoms with E-state index in [0.717, 1.165) is 30.5 Å². The van der Waals surface area contributed by atoms with Crippen molar-refractivity contribution in [2.24, 2.45) is 5.92 Å². The average Bonchev–Trinajstić information content (AvgIpc) is 3.49. The van der Waals surface area contributed by atoms with Crippen molar-refractivity contribution in [3.8, 4) is 11.5 Å². The SMILES string of the molecule is COc1ccc(NC(=O)C2CC(=O)N(c3ccc4c(c3)CCC4)C2)cc1OCc1ccncc1. The predicted molar refractivity (Wildman–Crippen MR) is 129 cm³/mol. The summed E-state index contributed by atoms with van der Waals surface area (Å²) < 4.78 is 11.3. The van der Waals surface area contributed by atoms with E-state index < -0.39 is 5.92 Å². The maximum Gasteiger partial charge on any atom is 0.229 e. The molecule has 5 rings (SSSR count). The predicted octanol–water partition coefficient (Wildman–Crippen LogP) is 4.15. The first-order valence-electron chi connectivity index (χ1n) is 11.5. The maximum absolute atomic E-state index is 13.0. The second kappa shape index (κ2) is 9.55. The second-order valence-corrected chi connectivity index (χ2v) is 8.71. The van der Waals surface area contributed by atoms with Crippen LogP contribution in [0.25, 0.3) is 0 Å². The number of fused-ring (bicyclic) bond motifs is 1.